The maximum absolute atomic E-state index is 13.9. The van der Waals surface area contributed by atoms with Gasteiger partial charge in [-0.2, -0.15) is 0 Å². The van der Waals surface area contributed by atoms with E-state index < -0.39 is 11.4 Å². The molecule has 1 saturated carbocycles. The number of nitrogens with one attached hydrogen (secondary N) is 2. The lowest BCUT2D eigenvalue weighted by Gasteiger charge is -2.19. The fourth-order valence-electron chi connectivity index (χ4n) is 4.00. The van der Waals surface area contributed by atoms with Crippen molar-refractivity contribution in [3.8, 4) is 22.9 Å². The number of aryl methyl sites for hydroxylation is 2. The number of hydrogen-bond acceptors (Lipinski definition) is 6. The van der Waals surface area contributed by atoms with Gasteiger partial charge in [0, 0.05) is 35.8 Å². The fourth-order valence-corrected chi connectivity index (χ4v) is 4.00. The maximum Gasteiger partial charge on any atom is 0.251 e. The molecule has 192 valence electrons. The number of nitrogens with zero attached hydrogens (tertiary/aromatic N) is 3. The largest absolute Gasteiger partial charge is 0.437 e. The minimum Gasteiger partial charge on any atom is -0.437 e. The van der Waals surface area contributed by atoms with Gasteiger partial charge in [-0.3, -0.25) is 4.79 Å². The standard InChI is InChI=1S/C28H30FN5O3/c1-16-5-7-19(29)12-24(16)37-25-13-22(31-15-28(3,4)36)26-30-14-23(34(26)33-25)18-6-10-21(17(2)11-18)27(35)32-20-8-9-20/h5-7,10-14,20,31,36H,8-9,15H2,1-4H3,(H,32,35). The first-order valence-corrected chi connectivity index (χ1v) is 12.3. The molecule has 3 N–H and O–H groups in total. The predicted octanol–water partition coefficient (Wildman–Crippen LogP) is 5.02. The van der Waals surface area contributed by atoms with Crippen LogP contribution in [0.5, 0.6) is 11.6 Å². The maximum atomic E-state index is 13.9. The minimum atomic E-state index is -0.968. The average molecular weight is 504 g/mol. The second-order valence-corrected chi connectivity index (χ2v) is 10.2. The molecule has 1 aliphatic carbocycles. The summed E-state index contributed by atoms with van der Waals surface area (Å²) < 4.78 is 21.5. The molecule has 1 aliphatic rings. The second kappa shape index (κ2) is 9.48. The van der Waals surface area contributed by atoms with Crippen LogP contribution in [0.4, 0.5) is 10.1 Å². The Hall–Kier alpha value is -3.98. The van der Waals surface area contributed by atoms with Crippen molar-refractivity contribution in [1.29, 1.82) is 0 Å². The van der Waals surface area contributed by atoms with Gasteiger partial charge in [0.25, 0.3) is 5.91 Å². The Labute approximate surface area is 214 Å². The molecule has 0 saturated heterocycles. The lowest BCUT2D eigenvalue weighted by Crippen LogP contribution is -2.29. The second-order valence-electron chi connectivity index (χ2n) is 10.2. The molecule has 0 spiro atoms. The summed E-state index contributed by atoms with van der Waals surface area (Å²) in [5.41, 5.74) is 3.93. The molecule has 0 bridgehead atoms. The zero-order chi connectivity index (χ0) is 26.3. The first-order chi connectivity index (χ1) is 17.6. The van der Waals surface area contributed by atoms with Crippen LogP contribution in [0.3, 0.4) is 0 Å². The first-order valence-electron chi connectivity index (χ1n) is 12.3. The van der Waals surface area contributed by atoms with E-state index >= 15 is 0 Å². The van der Waals surface area contributed by atoms with E-state index in [-0.39, 0.29) is 24.4 Å². The number of rotatable bonds is 8. The summed E-state index contributed by atoms with van der Waals surface area (Å²) in [7, 11) is 0. The van der Waals surface area contributed by atoms with Crippen LogP contribution in [0.15, 0.2) is 48.7 Å². The number of carbonyl (C=O) groups excluding carboxylic acids is 1. The topological polar surface area (TPSA) is 101 Å². The monoisotopic (exact) mass is 503 g/mol. The first kappa shape index (κ1) is 24.7. The van der Waals surface area contributed by atoms with Gasteiger partial charge in [-0.05, 0) is 69.9 Å². The number of anilines is 1. The third kappa shape index (κ3) is 5.56. The molecule has 1 fully saturated rings. The van der Waals surface area contributed by atoms with Crippen LogP contribution in [-0.4, -0.2) is 43.8 Å². The van der Waals surface area contributed by atoms with Crippen molar-refractivity contribution in [1.82, 2.24) is 19.9 Å². The van der Waals surface area contributed by atoms with Gasteiger partial charge in [-0.1, -0.05) is 12.1 Å². The Morgan fingerprint density at radius 1 is 1.16 bits per heavy atom. The number of carbonyl (C=O) groups is 1. The number of amides is 1. The lowest BCUT2D eigenvalue weighted by molar-refractivity contribution is 0.0940. The third-order valence-electron chi connectivity index (χ3n) is 6.20. The molecule has 2 aromatic heterocycles. The zero-order valence-electron chi connectivity index (χ0n) is 21.3. The molecule has 0 unspecified atom stereocenters. The van der Waals surface area contributed by atoms with Crippen molar-refractivity contribution in [2.45, 2.75) is 52.2 Å². The van der Waals surface area contributed by atoms with E-state index in [0.29, 0.717) is 28.3 Å². The van der Waals surface area contributed by atoms with Crippen LogP contribution in [0.1, 0.15) is 48.2 Å². The van der Waals surface area contributed by atoms with E-state index in [1.165, 1.54) is 12.1 Å². The minimum absolute atomic E-state index is 0.0675. The van der Waals surface area contributed by atoms with Gasteiger partial charge in [-0.15, -0.1) is 5.10 Å². The van der Waals surface area contributed by atoms with Crippen LogP contribution in [-0.2, 0) is 0 Å². The van der Waals surface area contributed by atoms with Crippen LogP contribution < -0.4 is 15.4 Å². The number of benzene rings is 2. The smallest absolute Gasteiger partial charge is 0.251 e. The van der Waals surface area contributed by atoms with Crippen molar-refractivity contribution in [2.75, 3.05) is 11.9 Å². The Kier molecular flexibility index (Phi) is 6.33. The molecule has 4 aromatic rings. The highest BCUT2D eigenvalue weighted by atomic mass is 19.1. The van der Waals surface area contributed by atoms with Crippen LogP contribution in [0.2, 0.25) is 0 Å². The number of fused-ring (bicyclic) bond motifs is 1. The van der Waals surface area contributed by atoms with Crippen LogP contribution in [0.25, 0.3) is 16.9 Å². The summed E-state index contributed by atoms with van der Waals surface area (Å²) in [5.74, 6) is 0.105. The lowest BCUT2D eigenvalue weighted by atomic mass is 10.0. The Morgan fingerprint density at radius 2 is 1.95 bits per heavy atom. The van der Waals surface area contributed by atoms with Crippen molar-refractivity contribution in [3.63, 3.8) is 0 Å². The van der Waals surface area contributed by atoms with Gasteiger partial charge in [0.15, 0.2) is 5.65 Å². The summed E-state index contributed by atoms with van der Waals surface area (Å²) in [6.07, 6.45) is 3.76. The van der Waals surface area contributed by atoms with Gasteiger partial charge < -0.3 is 20.5 Å². The number of aromatic nitrogens is 3. The summed E-state index contributed by atoms with van der Waals surface area (Å²) in [5, 5.41) is 21.2. The third-order valence-corrected chi connectivity index (χ3v) is 6.20. The Balaban J connectivity index is 1.55. The number of halogens is 1. The molecule has 2 heterocycles. The molecule has 0 radical (unpaired) electrons. The van der Waals surface area contributed by atoms with E-state index in [1.807, 2.05) is 32.0 Å². The molecular formula is C28H30FN5O3. The van der Waals surface area contributed by atoms with Gasteiger partial charge in [0.05, 0.1) is 23.2 Å². The predicted molar refractivity (Wildman–Crippen MR) is 140 cm³/mol. The average Bonchev–Trinajstić information content (AvgIpc) is 3.54. The van der Waals surface area contributed by atoms with E-state index in [2.05, 4.69) is 20.7 Å². The van der Waals surface area contributed by atoms with Gasteiger partial charge in [-0.25, -0.2) is 13.9 Å². The highest BCUT2D eigenvalue weighted by Gasteiger charge is 2.25. The quantitative estimate of drug-likeness (QED) is 0.312. The van der Waals surface area contributed by atoms with Gasteiger partial charge >= 0.3 is 0 Å². The van der Waals surface area contributed by atoms with Crippen LogP contribution >= 0.6 is 0 Å². The number of aliphatic hydroxyl groups is 1. The molecule has 5 rings (SSSR count). The summed E-state index contributed by atoms with van der Waals surface area (Å²) in [4.78, 5) is 17.2. The zero-order valence-corrected chi connectivity index (χ0v) is 21.3. The normalized spacial score (nSPS) is 13.6. The molecule has 0 aliphatic heterocycles. The molecule has 1 amide bonds. The highest BCUT2D eigenvalue weighted by molar-refractivity contribution is 5.96. The number of ether oxygens (including phenoxy) is 1. The Morgan fingerprint density at radius 3 is 2.65 bits per heavy atom. The summed E-state index contributed by atoms with van der Waals surface area (Å²) in [6, 6.07) is 11.9. The van der Waals surface area contributed by atoms with Gasteiger partial charge in [0.1, 0.15) is 11.6 Å². The summed E-state index contributed by atoms with van der Waals surface area (Å²) in [6.45, 7) is 7.39. The van der Waals surface area contributed by atoms with Crippen molar-refractivity contribution >= 4 is 17.2 Å². The molecule has 9 heteroatoms. The highest BCUT2D eigenvalue weighted by Crippen LogP contribution is 2.31. The van der Waals surface area contributed by atoms with Gasteiger partial charge in [0.2, 0.25) is 5.88 Å². The van der Waals surface area contributed by atoms with E-state index in [9.17, 15) is 14.3 Å². The molecule has 0 atom stereocenters. The molecule has 8 nitrogen and oxygen atoms in total. The molecule has 2 aromatic carbocycles. The molecule has 37 heavy (non-hydrogen) atoms. The number of imidazole rings is 1. The Bertz CT molecular complexity index is 1490. The molecular weight excluding hydrogens is 473 g/mol. The summed E-state index contributed by atoms with van der Waals surface area (Å²) >= 11 is 0. The van der Waals surface area contributed by atoms with Crippen LogP contribution in [0, 0.1) is 19.7 Å². The van der Waals surface area contributed by atoms with E-state index in [1.54, 1.807) is 36.7 Å². The van der Waals surface area contributed by atoms with E-state index in [0.717, 1.165) is 29.5 Å². The fraction of sp³-hybridized carbons (Fsp3) is 0.321. The SMILES string of the molecule is Cc1ccc(F)cc1Oc1cc(NCC(C)(C)O)c2ncc(-c3ccc(C(=O)NC4CC4)c(C)c3)n2n1. The van der Waals surface area contributed by atoms with Crippen molar-refractivity contribution in [2.24, 2.45) is 0 Å². The number of hydrogen-bond donors (Lipinski definition) is 3. The van der Waals surface area contributed by atoms with Crippen molar-refractivity contribution in [3.05, 3.63) is 71.2 Å². The van der Waals surface area contributed by atoms with Crippen molar-refractivity contribution < 1.29 is 19.0 Å². The van der Waals surface area contributed by atoms with E-state index in [4.69, 9.17) is 4.74 Å².